The summed E-state index contributed by atoms with van der Waals surface area (Å²) in [7, 11) is 1.81. The van der Waals surface area contributed by atoms with Gasteiger partial charge >= 0.3 is 0 Å². The van der Waals surface area contributed by atoms with E-state index in [-0.39, 0.29) is 0 Å². The van der Waals surface area contributed by atoms with E-state index < -0.39 is 18.1 Å². The fourth-order valence-electron chi connectivity index (χ4n) is 3.99. The second kappa shape index (κ2) is 7.37. The first-order chi connectivity index (χ1) is 15.0. The van der Waals surface area contributed by atoms with E-state index in [9.17, 15) is 9.90 Å². The molecule has 0 fully saturated rings. The monoisotopic (exact) mass is 411 g/mol. The molecule has 0 spiro atoms. The van der Waals surface area contributed by atoms with Crippen LogP contribution in [0.4, 0.5) is 0 Å². The number of nitrogens with one attached hydrogen (secondary N) is 1. The molecule has 0 aliphatic carbocycles. The van der Waals surface area contributed by atoms with E-state index >= 15 is 0 Å². The second-order valence-electron chi connectivity index (χ2n) is 7.61. The van der Waals surface area contributed by atoms with Crippen molar-refractivity contribution in [1.29, 1.82) is 0 Å². The Morgan fingerprint density at radius 3 is 2.39 bits per heavy atom. The number of primary amides is 1. The van der Waals surface area contributed by atoms with Gasteiger partial charge in [-0.1, -0.05) is 54.6 Å². The Balaban J connectivity index is 1.43. The zero-order valence-corrected chi connectivity index (χ0v) is 16.9. The van der Waals surface area contributed by atoms with Crippen LogP contribution in [0.1, 0.15) is 27.8 Å². The lowest BCUT2D eigenvalue weighted by Crippen LogP contribution is -2.29. The SMILES string of the molecule is CN1N=C(c2ccc(-c3ccccc3)cc2)C(O)C1c1nc2ccc(C(N)=O)cc2[nH]1. The van der Waals surface area contributed by atoms with Crippen LogP contribution in [-0.2, 0) is 0 Å². The number of aromatic nitrogens is 2. The fraction of sp³-hybridized carbons (Fsp3) is 0.125. The van der Waals surface area contributed by atoms with Crippen molar-refractivity contribution in [3.63, 3.8) is 0 Å². The molecule has 3 aromatic carbocycles. The van der Waals surface area contributed by atoms with Crippen molar-refractivity contribution in [3.8, 4) is 11.1 Å². The number of hydrazone groups is 1. The van der Waals surface area contributed by atoms with E-state index in [1.165, 1.54) is 0 Å². The molecule has 7 nitrogen and oxygen atoms in total. The first-order valence-corrected chi connectivity index (χ1v) is 9.96. The van der Waals surface area contributed by atoms with Crippen LogP contribution >= 0.6 is 0 Å². The van der Waals surface area contributed by atoms with Crippen LogP contribution in [0.3, 0.4) is 0 Å². The van der Waals surface area contributed by atoms with Crippen LogP contribution in [0.25, 0.3) is 22.2 Å². The van der Waals surface area contributed by atoms with Gasteiger partial charge in [0.2, 0.25) is 5.91 Å². The maximum absolute atomic E-state index is 11.4. The third kappa shape index (κ3) is 3.35. The summed E-state index contributed by atoms with van der Waals surface area (Å²) in [5, 5.41) is 17.4. The quantitative estimate of drug-likeness (QED) is 0.480. The average molecular weight is 411 g/mol. The number of H-pyrrole nitrogens is 1. The number of aliphatic hydroxyl groups excluding tert-OH is 1. The first-order valence-electron chi connectivity index (χ1n) is 9.96. The Hall–Kier alpha value is -3.97. The number of rotatable bonds is 4. The van der Waals surface area contributed by atoms with Crippen molar-refractivity contribution in [2.45, 2.75) is 12.1 Å². The lowest BCUT2D eigenvalue weighted by molar-refractivity contribution is 0.100. The van der Waals surface area contributed by atoms with Gasteiger partial charge in [0, 0.05) is 18.2 Å². The van der Waals surface area contributed by atoms with Gasteiger partial charge in [0.15, 0.2) is 0 Å². The molecule has 1 aliphatic rings. The zero-order valence-electron chi connectivity index (χ0n) is 16.9. The number of nitrogens with two attached hydrogens (primary N) is 1. The minimum absolute atomic E-state index is 0.401. The minimum atomic E-state index is -0.858. The molecule has 0 saturated carbocycles. The number of carbonyl (C=O) groups excluding carboxylic acids is 1. The van der Waals surface area contributed by atoms with Crippen LogP contribution in [0, 0.1) is 0 Å². The normalized spacial score (nSPS) is 18.4. The number of nitrogens with zero attached hydrogens (tertiary/aromatic N) is 3. The summed E-state index contributed by atoms with van der Waals surface area (Å²) in [6, 6.07) is 22.7. The number of benzene rings is 3. The van der Waals surface area contributed by atoms with E-state index in [1.54, 1.807) is 30.3 Å². The van der Waals surface area contributed by atoms with Gasteiger partial charge in [0.25, 0.3) is 0 Å². The standard InChI is InChI=1S/C24H21N5O2/c1-29-21(24-26-18-12-11-17(23(25)31)13-19(18)27-24)22(30)20(28-29)16-9-7-15(8-10-16)14-5-3-2-4-6-14/h2-13,21-22,30H,1H3,(H2,25,31)(H,26,27). The Morgan fingerprint density at radius 1 is 1.00 bits per heavy atom. The molecule has 154 valence electrons. The summed E-state index contributed by atoms with van der Waals surface area (Å²) in [6.07, 6.45) is -0.858. The van der Waals surface area contributed by atoms with E-state index in [4.69, 9.17) is 5.73 Å². The number of hydrogen-bond donors (Lipinski definition) is 3. The zero-order chi connectivity index (χ0) is 21.5. The number of aromatic amines is 1. The van der Waals surface area contributed by atoms with E-state index in [0.717, 1.165) is 16.7 Å². The second-order valence-corrected chi connectivity index (χ2v) is 7.61. The van der Waals surface area contributed by atoms with Gasteiger partial charge in [-0.05, 0) is 29.3 Å². The number of carbonyl (C=O) groups is 1. The summed E-state index contributed by atoms with van der Waals surface area (Å²) >= 11 is 0. The number of amides is 1. The van der Waals surface area contributed by atoms with E-state index in [1.807, 2.05) is 42.5 Å². The van der Waals surface area contributed by atoms with E-state index in [2.05, 4.69) is 27.2 Å². The molecule has 1 aliphatic heterocycles. The highest BCUT2D eigenvalue weighted by molar-refractivity contribution is 6.05. The van der Waals surface area contributed by atoms with Crippen molar-refractivity contribution >= 4 is 22.7 Å². The summed E-state index contributed by atoms with van der Waals surface area (Å²) in [5.74, 6) is 0.0758. The molecule has 2 heterocycles. The van der Waals surface area contributed by atoms with Gasteiger partial charge in [-0.3, -0.25) is 9.80 Å². The topological polar surface area (TPSA) is 108 Å². The smallest absolute Gasteiger partial charge is 0.248 e. The van der Waals surface area contributed by atoms with Crippen LogP contribution in [-0.4, -0.2) is 44.9 Å². The average Bonchev–Trinajstić information content (AvgIpc) is 3.33. The molecule has 4 aromatic rings. The van der Waals surface area contributed by atoms with Crippen molar-refractivity contribution in [1.82, 2.24) is 15.0 Å². The van der Waals surface area contributed by atoms with Crippen LogP contribution in [0.15, 0.2) is 77.9 Å². The van der Waals surface area contributed by atoms with Crippen LogP contribution < -0.4 is 5.73 Å². The molecular formula is C24H21N5O2. The van der Waals surface area contributed by atoms with Crippen molar-refractivity contribution < 1.29 is 9.90 Å². The summed E-state index contributed by atoms with van der Waals surface area (Å²) in [4.78, 5) is 19.2. The number of fused-ring (bicyclic) bond motifs is 1. The first kappa shape index (κ1) is 19.0. The molecule has 0 saturated heterocycles. The number of imidazole rings is 1. The summed E-state index contributed by atoms with van der Waals surface area (Å²) < 4.78 is 0. The molecule has 2 unspecified atom stereocenters. The highest BCUT2D eigenvalue weighted by Gasteiger charge is 2.38. The lowest BCUT2D eigenvalue weighted by Gasteiger charge is -2.19. The molecule has 0 bridgehead atoms. The Bertz CT molecular complexity index is 1290. The summed E-state index contributed by atoms with van der Waals surface area (Å²) in [6.45, 7) is 0. The summed E-state index contributed by atoms with van der Waals surface area (Å²) in [5.41, 5.74) is 10.8. The number of likely N-dealkylation sites (N-methyl/N-ethyl adjacent to an activating group) is 1. The van der Waals surface area contributed by atoms with Gasteiger partial charge in [-0.25, -0.2) is 4.98 Å². The van der Waals surface area contributed by atoms with Crippen molar-refractivity contribution in [2.24, 2.45) is 10.8 Å². The van der Waals surface area contributed by atoms with Crippen LogP contribution in [0.2, 0.25) is 0 Å². The number of hydrogen-bond acceptors (Lipinski definition) is 5. The van der Waals surface area contributed by atoms with Gasteiger partial charge in [0.1, 0.15) is 18.0 Å². The van der Waals surface area contributed by atoms with Gasteiger partial charge in [-0.2, -0.15) is 5.10 Å². The molecule has 4 N–H and O–H groups in total. The minimum Gasteiger partial charge on any atom is -0.384 e. The third-order valence-electron chi connectivity index (χ3n) is 5.60. The molecule has 1 aromatic heterocycles. The van der Waals surface area contributed by atoms with Crippen LogP contribution in [0.5, 0.6) is 0 Å². The molecule has 31 heavy (non-hydrogen) atoms. The Kier molecular flexibility index (Phi) is 4.52. The van der Waals surface area contributed by atoms with Gasteiger partial charge in [-0.15, -0.1) is 0 Å². The molecule has 7 heteroatoms. The molecule has 2 atom stereocenters. The van der Waals surface area contributed by atoms with Crippen molar-refractivity contribution in [2.75, 3.05) is 7.05 Å². The maximum Gasteiger partial charge on any atom is 0.248 e. The number of aliphatic hydroxyl groups is 1. The van der Waals surface area contributed by atoms with Crippen molar-refractivity contribution in [3.05, 3.63) is 89.7 Å². The predicted molar refractivity (Wildman–Crippen MR) is 120 cm³/mol. The molecule has 0 radical (unpaired) electrons. The predicted octanol–water partition coefficient (Wildman–Crippen LogP) is 3.08. The van der Waals surface area contributed by atoms with Gasteiger partial charge < -0.3 is 15.8 Å². The lowest BCUT2D eigenvalue weighted by atomic mass is 9.98. The molecule has 5 rings (SSSR count). The highest BCUT2D eigenvalue weighted by Crippen LogP contribution is 2.32. The van der Waals surface area contributed by atoms with Gasteiger partial charge in [0.05, 0.1) is 16.7 Å². The highest BCUT2D eigenvalue weighted by atomic mass is 16.3. The maximum atomic E-state index is 11.4. The fourth-order valence-corrected chi connectivity index (χ4v) is 3.99. The third-order valence-corrected chi connectivity index (χ3v) is 5.60. The molecule has 1 amide bonds. The van der Waals surface area contributed by atoms with E-state index in [0.29, 0.717) is 28.1 Å². The Labute approximate surface area is 178 Å². The largest absolute Gasteiger partial charge is 0.384 e. The Morgan fingerprint density at radius 2 is 1.68 bits per heavy atom. The molecular weight excluding hydrogens is 390 g/mol.